The molecule has 1 rings (SSSR count). The van der Waals surface area contributed by atoms with E-state index in [0.29, 0.717) is 5.02 Å². The molecular formula is C19H25Cl2NO3S. The molecule has 0 spiro atoms. The molecule has 0 saturated heterocycles. The number of carbonyl (C=O) groups excluding carboxylic acids is 1. The predicted molar refractivity (Wildman–Crippen MR) is 108 cm³/mol. The molecule has 0 amide bonds. The van der Waals surface area contributed by atoms with Gasteiger partial charge in [-0.25, -0.2) is 0 Å². The minimum atomic E-state index is -1.64. The van der Waals surface area contributed by atoms with Gasteiger partial charge in [-0.15, -0.1) is 0 Å². The number of aryl methyl sites for hydroxylation is 1. The van der Waals surface area contributed by atoms with Crippen LogP contribution in [0.15, 0.2) is 18.2 Å². The molecule has 0 bridgehead atoms. The fraction of sp³-hybridized carbons (Fsp3) is 0.579. The van der Waals surface area contributed by atoms with E-state index >= 15 is 0 Å². The van der Waals surface area contributed by atoms with Crippen LogP contribution in [0.4, 0.5) is 0 Å². The maximum atomic E-state index is 11.2. The Balaban J connectivity index is 2.08. The molecule has 0 fully saturated rings. The van der Waals surface area contributed by atoms with Crippen molar-refractivity contribution in [1.29, 1.82) is 5.26 Å². The molecule has 144 valence electrons. The summed E-state index contributed by atoms with van der Waals surface area (Å²) in [6.45, 7) is 0. The number of nitriles is 1. The summed E-state index contributed by atoms with van der Waals surface area (Å²) in [5, 5.41) is 20.4. The molecule has 1 unspecified atom stereocenters. The van der Waals surface area contributed by atoms with Gasteiger partial charge in [0.25, 0.3) is 0 Å². The Kier molecular flexibility index (Phi) is 11.1. The zero-order valence-electron chi connectivity index (χ0n) is 15.0. The van der Waals surface area contributed by atoms with Crippen LogP contribution in [0, 0.1) is 11.3 Å². The SMILES string of the molecule is COC(=O)CC(O)(C#N)CSCCCCCCCc1ccc(Cl)cc1Cl. The summed E-state index contributed by atoms with van der Waals surface area (Å²) < 4.78 is 4.50. The number of aliphatic hydroxyl groups is 1. The Morgan fingerprint density at radius 1 is 1.27 bits per heavy atom. The van der Waals surface area contributed by atoms with E-state index in [1.54, 1.807) is 12.1 Å². The minimum absolute atomic E-state index is 0.216. The lowest BCUT2D eigenvalue weighted by Crippen LogP contribution is -2.33. The summed E-state index contributed by atoms with van der Waals surface area (Å²) >= 11 is 13.5. The molecule has 1 N–H and O–H groups in total. The topological polar surface area (TPSA) is 70.3 Å². The highest BCUT2D eigenvalue weighted by atomic mass is 35.5. The number of halogens is 2. The Labute approximate surface area is 169 Å². The van der Waals surface area contributed by atoms with Gasteiger partial charge in [-0.1, -0.05) is 48.5 Å². The summed E-state index contributed by atoms with van der Waals surface area (Å²) in [4.78, 5) is 11.2. The van der Waals surface area contributed by atoms with Gasteiger partial charge in [0, 0.05) is 15.8 Å². The van der Waals surface area contributed by atoms with Crippen molar-refractivity contribution >= 4 is 40.9 Å². The van der Waals surface area contributed by atoms with Crippen molar-refractivity contribution in [3.63, 3.8) is 0 Å². The van der Waals surface area contributed by atoms with E-state index in [2.05, 4.69) is 4.74 Å². The number of nitrogens with zero attached hydrogens (tertiary/aromatic N) is 1. The van der Waals surface area contributed by atoms with E-state index in [1.807, 2.05) is 12.1 Å². The summed E-state index contributed by atoms with van der Waals surface area (Å²) in [6, 6.07) is 7.42. The van der Waals surface area contributed by atoms with Gasteiger partial charge in [-0.3, -0.25) is 4.79 Å². The van der Waals surface area contributed by atoms with Gasteiger partial charge in [-0.2, -0.15) is 17.0 Å². The number of rotatable bonds is 12. The summed E-state index contributed by atoms with van der Waals surface area (Å²) in [5.41, 5.74) is -0.511. The van der Waals surface area contributed by atoms with Crippen LogP contribution in [0.2, 0.25) is 10.0 Å². The molecule has 26 heavy (non-hydrogen) atoms. The first-order valence-electron chi connectivity index (χ1n) is 8.62. The number of carbonyl (C=O) groups is 1. The van der Waals surface area contributed by atoms with Crippen molar-refractivity contribution in [1.82, 2.24) is 0 Å². The Bertz CT molecular complexity index is 621. The smallest absolute Gasteiger partial charge is 0.309 e. The zero-order chi connectivity index (χ0) is 19.4. The average Bonchev–Trinajstić information content (AvgIpc) is 2.61. The zero-order valence-corrected chi connectivity index (χ0v) is 17.3. The van der Waals surface area contributed by atoms with Gasteiger partial charge in [-0.05, 0) is 42.7 Å². The van der Waals surface area contributed by atoms with Crippen molar-refractivity contribution in [3.8, 4) is 6.07 Å². The first kappa shape index (κ1) is 23.1. The minimum Gasteiger partial charge on any atom is -0.469 e. The Morgan fingerprint density at radius 3 is 2.62 bits per heavy atom. The summed E-state index contributed by atoms with van der Waals surface area (Å²) in [6.07, 6.45) is 6.13. The highest BCUT2D eigenvalue weighted by Crippen LogP contribution is 2.23. The molecule has 7 heteroatoms. The van der Waals surface area contributed by atoms with Crippen LogP contribution in [0.25, 0.3) is 0 Å². The number of ether oxygens (including phenoxy) is 1. The van der Waals surface area contributed by atoms with Crippen LogP contribution < -0.4 is 0 Å². The number of esters is 1. The lowest BCUT2D eigenvalue weighted by atomic mass is 10.1. The molecule has 0 aliphatic rings. The van der Waals surface area contributed by atoms with Crippen molar-refractivity contribution in [2.24, 2.45) is 0 Å². The van der Waals surface area contributed by atoms with Crippen LogP contribution >= 0.6 is 35.0 Å². The molecule has 1 atom stereocenters. The van der Waals surface area contributed by atoms with Gasteiger partial charge >= 0.3 is 5.97 Å². The monoisotopic (exact) mass is 417 g/mol. The largest absolute Gasteiger partial charge is 0.469 e. The van der Waals surface area contributed by atoms with Crippen molar-refractivity contribution < 1.29 is 14.6 Å². The first-order chi connectivity index (χ1) is 12.4. The molecule has 0 saturated carbocycles. The quantitative estimate of drug-likeness (QED) is 0.293. The molecule has 0 aromatic heterocycles. The normalized spacial score (nSPS) is 13.0. The number of benzene rings is 1. The molecule has 0 aliphatic heterocycles. The van der Waals surface area contributed by atoms with Crippen LogP contribution in [-0.4, -0.2) is 35.3 Å². The Morgan fingerprint density at radius 2 is 1.96 bits per heavy atom. The Hall–Kier alpha value is -0.930. The molecule has 1 aromatic carbocycles. The van der Waals surface area contributed by atoms with E-state index in [1.165, 1.54) is 18.9 Å². The van der Waals surface area contributed by atoms with E-state index in [4.69, 9.17) is 28.5 Å². The predicted octanol–water partition coefficient (Wildman–Crippen LogP) is 5.04. The maximum absolute atomic E-state index is 11.2. The average molecular weight is 418 g/mol. The van der Waals surface area contributed by atoms with Gasteiger partial charge in [0.2, 0.25) is 0 Å². The van der Waals surface area contributed by atoms with Gasteiger partial charge in [0.1, 0.15) is 0 Å². The van der Waals surface area contributed by atoms with Gasteiger partial charge in [0.05, 0.1) is 19.6 Å². The molecule has 0 radical (unpaired) electrons. The molecule has 0 heterocycles. The molecule has 0 aliphatic carbocycles. The van der Waals surface area contributed by atoms with Crippen LogP contribution in [-0.2, 0) is 16.0 Å². The third-order valence-electron chi connectivity index (χ3n) is 3.96. The highest BCUT2D eigenvalue weighted by Gasteiger charge is 2.30. The van der Waals surface area contributed by atoms with Gasteiger partial charge < -0.3 is 9.84 Å². The van der Waals surface area contributed by atoms with E-state index in [9.17, 15) is 9.90 Å². The second kappa shape index (κ2) is 12.5. The second-order valence-corrected chi connectivity index (χ2v) is 8.15. The lowest BCUT2D eigenvalue weighted by Gasteiger charge is -2.18. The number of unbranched alkanes of at least 4 members (excludes halogenated alkanes) is 4. The third kappa shape index (κ3) is 9.14. The van der Waals surface area contributed by atoms with E-state index in [-0.39, 0.29) is 12.2 Å². The van der Waals surface area contributed by atoms with E-state index < -0.39 is 11.6 Å². The lowest BCUT2D eigenvalue weighted by molar-refractivity contribution is -0.143. The molecule has 1 aromatic rings. The summed E-state index contributed by atoms with van der Waals surface area (Å²) in [7, 11) is 1.24. The number of hydrogen-bond acceptors (Lipinski definition) is 5. The standard InChI is InChI=1S/C19H25Cl2NO3S/c1-25-18(23)12-19(24,13-22)14-26-10-6-4-2-3-5-7-15-8-9-16(20)11-17(15)21/h8-9,11,24H,2-7,10,12,14H2,1H3. The number of thioether (sulfide) groups is 1. The number of methoxy groups -OCH3 is 1. The van der Waals surface area contributed by atoms with Crippen molar-refractivity contribution in [2.75, 3.05) is 18.6 Å². The second-order valence-electron chi connectivity index (χ2n) is 6.20. The van der Waals surface area contributed by atoms with Crippen molar-refractivity contribution in [2.45, 2.75) is 50.5 Å². The number of hydrogen-bond donors (Lipinski definition) is 1. The van der Waals surface area contributed by atoms with Gasteiger partial charge in [0.15, 0.2) is 5.60 Å². The van der Waals surface area contributed by atoms with Crippen LogP contribution in [0.5, 0.6) is 0 Å². The molecular weight excluding hydrogens is 393 g/mol. The maximum Gasteiger partial charge on any atom is 0.309 e. The fourth-order valence-corrected chi connectivity index (χ4v) is 4.01. The molecule has 4 nitrogen and oxygen atoms in total. The van der Waals surface area contributed by atoms with Crippen molar-refractivity contribution in [3.05, 3.63) is 33.8 Å². The summed E-state index contributed by atoms with van der Waals surface area (Å²) in [5.74, 6) is 0.498. The van der Waals surface area contributed by atoms with Crippen LogP contribution in [0.3, 0.4) is 0 Å². The fourth-order valence-electron chi connectivity index (χ4n) is 2.45. The third-order valence-corrected chi connectivity index (χ3v) is 5.81. The van der Waals surface area contributed by atoms with E-state index in [0.717, 1.165) is 54.9 Å². The highest BCUT2D eigenvalue weighted by molar-refractivity contribution is 7.99. The first-order valence-corrected chi connectivity index (χ1v) is 10.5. The van der Waals surface area contributed by atoms with Crippen LogP contribution in [0.1, 0.15) is 44.1 Å².